The maximum absolute atomic E-state index is 12.5. The van der Waals surface area contributed by atoms with Gasteiger partial charge in [-0.15, -0.1) is 0 Å². The van der Waals surface area contributed by atoms with E-state index in [-0.39, 0.29) is 17.6 Å². The highest BCUT2D eigenvalue weighted by Gasteiger charge is 2.30. The maximum Gasteiger partial charge on any atom is 0.321 e. The standard InChI is InChI=1S/C20H29N3O3/c1-14(18(25)21-19(26)22-20(2,3)4)23-12-10-16(11-13-23)17(24)15-8-6-5-7-9-15/h5-9,14,16H,10-13H2,1-4H3,(H2,21,22,25,26). The third kappa shape index (κ3) is 5.66. The lowest BCUT2D eigenvalue weighted by atomic mass is 9.88. The second kappa shape index (κ2) is 8.45. The van der Waals surface area contributed by atoms with Gasteiger partial charge >= 0.3 is 6.03 Å². The van der Waals surface area contributed by atoms with Gasteiger partial charge in [-0.25, -0.2) is 4.79 Å². The molecule has 1 fully saturated rings. The number of hydrogen-bond acceptors (Lipinski definition) is 4. The maximum atomic E-state index is 12.5. The number of benzene rings is 1. The summed E-state index contributed by atoms with van der Waals surface area (Å²) in [7, 11) is 0. The number of nitrogens with one attached hydrogen (secondary N) is 2. The number of piperidine rings is 1. The van der Waals surface area contributed by atoms with E-state index in [1.165, 1.54) is 0 Å². The molecule has 2 rings (SSSR count). The molecular formula is C20H29N3O3. The number of rotatable bonds is 4. The van der Waals surface area contributed by atoms with Crippen LogP contribution in [-0.4, -0.2) is 47.3 Å². The minimum Gasteiger partial charge on any atom is -0.333 e. The Morgan fingerprint density at radius 3 is 2.19 bits per heavy atom. The van der Waals surface area contributed by atoms with Gasteiger partial charge in [-0.1, -0.05) is 30.3 Å². The molecule has 2 N–H and O–H groups in total. The summed E-state index contributed by atoms with van der Waals surface area (Å²) in [5.41, 5.74) is 0.347. The van der Waals surface area contributed by atoms with Crippen LogP contribution in [0.4, 0.5) is 4.79 Å². The molecule has 1 aliphatic rings. The van der Waals surface area contributed by atoms with Gasteiger partial charge in [0.25, 0.3) is 0 Å². The van der Waals surface area contributed by atoms with E-state index >= 15 is 0 Å². The Morgan fingerprint density at radius 2 is 1.65 bits per heavy atom. The summed E-state index contributed by atoms with van der Waals surface area (Å²) in [5.74, 6) is -0.153. The molecule has 1 unspecified atom stereocenters. The van der Waals surface area contributed by atoms with Gasteiger partial charge < -0.3 is 5.32 Å². The number of Topliss-reactive ketones (excluding diaryl/α,β-unsaturated/α-hetero) is 1. The number of ketones is 1. The number of carbonyl (C=O) groups is 3. The predicted octanol–water partition coefficient (Wildman–Crippen LogP) is 2.59. The van der Waals surface area contributed by atoms with E-state index < -0.39 is 17.6 Å². The van der Waals surface area contributed by atoms with Crippen LogP contribution in [0.3, 0.4) is 0 Å². The minimum absolute atomic E-state index is 0.00639. The van der Waals surface area contributed by atoms with Crippen molar-refractivity contribution < 1.29 is 14.4 Å². The second-order valence-electron chi connectivity index (χ2n) is 7.91. The molecule has 1 aliphatic heterocycles. The van der Waals surface area contributed by atoms with Gasteiger partial charge in [-0.05, 0) is 53.6 Å². The Morgan fingerprint density at radius 1 is 1.08 bits per heavy atom. The second-order valence-corrected chi connectivity index (χ2v) is 7.91. The molecule has 0 spiro atoms. The van der Waals surface area contributed by atoms with Crippen LogP contribution >= 0.6 is 0 Å². The lowest BCUT2D eigenvalue weighted by molar-refractivity contribution is -0.125. The molecule has 1 heterocycles. The highest BCUT2D eigenvalue weighted by molar-refractivity contribution is 5.98. The molecule has 1 atom stereocenters. The zero-order valence-corrected chi connectivity index (χ0v) is 16.0. The Labute approximate surface area is 155 Å². The van der Waals surface area contributed by atoms with Crippen molar-refractivity contribution >= 4 is 17.7 Å². The number of carbonyl (C=O) groups excluding carboxylic acids is 3. The number of amides is 3. The van der Waals surface area contributed by atoms with Gasteiger partial charge in [0.1, 0.15) is 0 Å². The smallest absolute Gasteiger partial charge is 0.321 e. The highest BCUT2D eigenvalue weighted by atomic mass is 16.2. The minimum atomic E-state index is -0.483. The van der Waals surface area contributed by atoms with Crippen LogP contribution in [0.15, 0.2) is 30.3 Å². The molecule has 0 aromatic heterocycles. The van der Waals surface area contributed by atoms with E-state index in [0.29, 0.717) is 13.1 Å². The molecule has 26 heavy (non-hydrogen) atoms. The largest absolute Gasteiger partial charge is 0.333 e. The summed E-state index contributed by atoms with van der Waals surface area (Å²) in [6, 6.07) is 8.44. The van der Waals surface area contributed by atoms with Crippen molar-refractivity contribution in [3.63, 3.8) is 0 Å². The molecule has 0 radical (unpaired) electrons. The zero-order chi connectivity index (χ0) is 19.3. The van der Waals surface area contributed by atoms with Gasteiger partial charge in [0.05, 0.1) is 6.04 Å². The van der Waals surface area contributed by atoms with Crippen molar-refractivity contribution in [2.75, 3.05) is 13.1 Å². The van der Waals surface area contributed by atoms with Crippen LogP contribution in [0, 0.1) is 5.92 Å². The number of urea groups is 1. The van der Waals surface area contributed by atoms with Gasteiger partial charge in [-0.2, -0.15) is 0 Å². The molecule has 0 saturated carbocycles. The summed E-state index contributed by atoms with van der Waals surface area (Å²) < 4.78 is 0. The fourth-order valence-corrected chi connectivity index (χ4v) is 3.14. The normalized spacial score (nSPS) is 17.4. The Kier molecular flexibility index (Phi) is 6.53. The zero-order valence-electron chi connectivity index (χ0n) is 16.0. The first-order chi connectivity index (χ1) is 12.2. The molecule has 142 valence electrons. The van der Waals surface area contributed by atoms with E-state index in [9.17, 15) is 14.4 Å². The monoisotopic (exact) mass is 359 g/mol. The molecule has 1 aromatic carbocycles. The Bertz CT molecular complexity index is 644. The predicted molar refractivity (Wildman–Crippen MR) is 101 cm³/mol. The molecule has 6 nitrogen and oxygen atoms in total. The van der Waals surface area contributed by atoms with Gasteiger partial charge in [0, 0.05) is 17.0 Å². The Balaban J connectivity index is 1.84. The van der Waals surface area contributed by atoms with Crippen LogP contribution in [0.5, 0.6) is 0 Å². The first-order valence-corrected chi connectivity index (χ1v) is 9.13. The highest BCUT2D eigenvalue weighted by Crippen LogP contribution is 2.23. The SMILES string of the molecule is CC(C(=O)NC(=O)NC(C)(C)C)N1CCC(C(=O)c2ccccc2)CC1. The van der Waals surface area contributed by atoms with Gasteiger partial charge in [-0.3, -0.25) is 19.8 Å². The first kappa shape index (κ1) is 20.1. The van der Waals surface area contributed by atoms with Crippen LogP contribution < -0.4 is 10.6 Å². The van der Waals surface area contributed by atoms with Gasteiger partial charge in [0.15, 0.2) is 5.78 Å². The number of likely N-dealkylation sites (tertiary alicyclic amines) is 1. The van der Waals surface area contributed by atoms with E-state index in [0.717, 1.165) is 18.4 Å². The number of nitrogens with zero attached hydrogens (tertiary/aromatic N) is 1. The van der Waals surface area contributed by atoms with E-state index in [1.54, 1.807) is 6.92 Å². The lowest BCUT2D eigenvalue weighted by Crippen LogP contribution is -2.54. The van der Waals surface area contributed by atoms with Crippen molar-refractivity contribution in [1.29, 1.82) is 0 Å². The Hall–Kier alpha value is -2.21. The summed E-state index contributed by atoms with van der Waals surface area (Å²) >= 11 is 0. The average Bonchev–Trinajstić information content (AvgIpc) is 2.59. The first-order valence-electron chi connectivity index (χ1n) is 9.13. The number of imide groups is 1. The quantitative estimate of drug-likeness (QED) is 0.810. The fourth-order valence-electron chi connectivity index (χ4n) is 3.14. The topological polar surface area (TPSA) is 78.5 Å². The summed E-state index contributed by atoms with van der Waals surface area (Å²) in [4.78, 5) is 38.7. The fraction of sp³-hybridized carbons (Fsp3) is 0.550. The molecule has 0 aliphatic carbocycles. The van der Waals surface area contributed by atoms with E-state index in [1.807, 2.05) is 56.0 Å². The molecule has 1 saturated heterocycles. The van der Waals surface area contributed by atoms with Crippen molar-refractivity contribution in [2.24, 2.45) is 5.92 Å². The lowest BCUT2D eigenvalue weighted by Gasteiger charge is -2.34. The number of hydrogen-bond donors (Lipinski definition) is 2. The third-order valence-electron chi connectivity index (χ3n) is 4.61. The van der Waals surface area contributed by atoms with E-state index in [2.05, 4.69) is 10.6 Å². The van der Waals surface area contributed by atoms with Crippen molar-refractivity contribution in [3.8, 4) is 0 Å². The van der Waals surface area contributed by atoms with Crippen molar-refractivity contribution in [3.05, 3.63) is 35.9 Å². The van der Waals surface area contributed by atoms with Crippen molar-refractivity contribution in [1.82, 2.24) is 15.5 Å². The van der Waals surface area contributed by atoms with Crippen LogP contribution in [0.1, 0.15) is 50.9 Å². The summed E-state index contributed by atoms with van der Waals surface area (Å²) in [6.07, 6.45) is 1.44. The van der Waals surface area contributed by atoms with Crippen LogP contribution in [0.2, 0.25) is 0 Å². The third-order valence-corrected chi connectivity index (χ3v) is 4.61. The van der Waals surface area contributed by atoms with E-state index in [4.69, 9.17) is 0 Å². The average molecular weight is 359 g/mol. The summed E-state index contributed by atoms with van der Waals surface area (Å²) in [6.45, 7) is 8.69. The van der Waals surface area contributed by atoms with Crippen LogP contribution in [0.25, 0.3) is 0 Å². The molecule has 0 bridgehead atoms. The molecule has 6 heteroatoms. The summed E-state index contributed by atoms with van der Waals surface area (Å²) in [5, 5.41) is 5.11. The molecule has 3 amide bonds. The van der Waals surface area contributed by atoms with Crippen LogP contribution in [-0.2, 0) is 4.79 Å². The molecule has 1 aromatic rings. The van der Waals surface area contributed by atoms with Gasteiger partial charge in [0.2, 0.25) is 5.91 Å². The van der Waals surface area contributed by atoms with Crippen molar-refractivity contribution in [2.45, 2.75) is 52.1 Å². The molecular weight excluding hydrogens is 330 g/mol.